The van der Waals surface area contributed by atoms with Gasteiger partial charge in [0.25, 0.3) is 0 Å². The lowest BCUT2D eigenvalue weighted by molar-refractivity contribution is 1.01. The van der Waals surface area contributed by atoms with E-state index in [1.165, 1.54) is 0 Å². The molecule has 0 atom stereocenters. The Morgan fingerprint density at radius 2 is 0.737 bits per heavy atom. The first-order chi connectivity index (χ1) is 37.8. The Balaban J connectivity index is 1.31. The molecule has 0 aliphatic carbocycles. The molecule has 16 rings (SSSR count). The van der Waals surface area contributed by atoms with E-state index in [0.717, 1.165) is 144 Å². The maximum absolute atomic E-state index is 5.89. The SMILES string of the molecule is CN=Cc1c(-n2c3ccccc3c3ccncc32)c(-c2nc3ccccc3n2-c2ccccc2)c(-n2c3ccccc3c3ccncc32)c(-n2c3ccccc3c3ccncc32)c1-n1c2ccccc2c2cnccc21. The van der Waals surface area contributed by atoms with Gasteiger partial charge in [-0.3, -0.25) is 29.5 Å². The van der Waals surface area contributed by atoms with E-state index in [1.54, 1.807) is 0 Å². The van der Waals surface area contributed by atoms with E-state index in [4.69, 9.17) is 29.9 Å². The molecule has 0 saturated carbocycles. The first kappa shape index (κ1) is 42.0. The summed E-state index contributed by atoms with van der Waals surface area (Å²) in [6.45, 7) is 0. The first-order valence-corrected chi connectivity index (χ1v) is 25.3. The van der Waals surface area contributed by atoms with Crippen LogP contribution in [0.1, 0.15) is 5.56 Å². The van der Waals surface area contributed by atoms with Gasteiger partial charge in [-0.25, -0.2) is 4.98 Å². The monoisotopic (exact) mass is 975 g/mol. The van der Waals surface area contributed by atoms with Gasteiger partial charge in [-0.1, -0.05) is 103 Å². The van der Waals surface area contributed by atoms with E-state index in [1.807, 2.05) is 56.6 Å². The Bertz CT molecular complexity index is 4870. The Morgan fingerprint density at radius 3 is 1.29 bits per heavy atom. The second kappa shape index (κ2) is 16.2. The Labute approximate surface area is 433 Å². The van der Waals surface area contributed by atoms with E-state index in [9.17, 15) is 0 Å². The van der Waals surface area contributed by atoms with Crippen molar-refractivity contribution in [3.05, 3.63) is 231 Å². The van der Waals surface area contributed by atoms with Crippen LogP contribution >= 0.6 is 0 Å². The number of pyridine rings is 4. The maximum Gasteiger partial charge on any atom is 0.150 e. The molecule has 0 aliphatic rings. The van der Waals surface area contributed by atoms with Gasteiger partial charge in [-0.2, -0.15) is 0 Å². The van der Waals surface area contributed by atoms with Crippen molar-refractivity contribution < 1.29 is 0 Å². The Morgan fingerprint density at radius 1 is 0.329 bits per heavy atom. The lowest BCUT2D eigenvalue weighted by Gasteiger charge is -2.30. The molecule has 0 amide bonds. The fraction of sp³-hybridized carbons (Fsp3) is 0.0154. The van der Waals surface area contributed by atoms with Gasteiger partial charge in [0.2, 0.25) is 0 Å². The minimum Gasteiger partial charge on any atom is -0.306 e. The van der Waals surface area contributed by atoms with Crippen LogP contribution in [0.15, 0.2) is 230 Å². The minimum atomic E-state index is 0.728. The number of fused-ring (bicyclic) bond motifs is 13. The molecule has 16 aromatic rings. The van der Waals surface area contributed by atoms with Crippen molar-refractivity contribution in [2.75, 3.05) is 7.05 Å². The number of rotatable bonds is 7. The van der Waals surface area contributed by atoms with Gasteiger partial charge in [0.15, 0.2) is 0 Å². The molecule has 356 valence electrons. The molecular formula is C65H41N11. The van der Waals surface area contributed by atoms with Crippen LogP contribution in [0, 0.1) is 0 Å². The standard InChI is InChI=1S/C65H41N11/c1-66-35-49-61(74-51-22-10-5-17-41(51)45-27-31-68-37-57(45)74)60(65-71-50-21-9-14-26-56(50)72(65)40-15-3-2-4-16-40)63(75-52-23-11-6-18-42(52)46-28-32-69-38-58(46)75)64(76-53-24-12-7-19-43(53)47-29-33-70-39-59(47)76)62(49)73-54-25-13-8-20-44(54)48-36-67-34-30-55(48)73/h2-39H,1H3. The zero-order valence-electron chi connectivity index (χ0n) is 40.9. The lowest BCUT2D eigenvalue weighted by atomic mass is 9.97. The minimum absolute atomic E-state index is 0.728. The zero-order valence-corrected chi connectivity index (χ0v) is 40.9. The van der Waals surface area contributed by atoms with Crippen LogP contribution < -0.4 is 0 Å². The number of para-hydroxylation sites is 7. The Hall–Kier alpha value is -10.5. The molecule has 0 spiro atoms. The van der Waals surface area contributed by atoms with E-state index < -0.39 is 0 Å². The number of imidazole rings is 1. The maximum atomic E-state index is 5.89. The van der Waals surface area contributed by atoms with Crippen molar-refractivity contribution in [1.29, 1.82) is 0 Å². The summed E-state index contributed by atoms with van der Waals surface area (Å²) in [5.74, 6) is 0.728. The van der Waals surface area contributed by atoms with E-state index in [-0.39, 0.29) is 0 Å². The molecular weight excluding hydrogens is 935 g/mol. The average molecular weight is 976 g/mol. The summed E-state index contributed by atoms with van der Waals surface area (Å²) in [5.41, 5.74) is 15.7. The summed E-state index contributed by atoms with van der Waals surface area (Å²) >= 11 is 0. The van der Waals surface area contributed by atoms with Gasteiger partial charge < -0.3 is 18.3 Å². The van der Waals surface area contributed by atoms with Crippen molar-refractivity contribution in [1.82, 2.24) is 47.8 Å². The highest BCUT2D eigenvalue weighted by atomic mass is 15.2. The molecule has 76 heavy (non-hydrogen) atoms. The normalized spacial score (nSPS) is 12.2. The van der Waals surface area contributed by atoms with Gasteiger partial charge in [0, 0.05) is 98.6 Å². The fourth-order valence-corrected chi connectivity index (χ4v) is 12.3. The molecule has 0 aliphatic heterocycles. The van der Waals surface area contributed by atoms with E-state index >= 15 is 0 Å². The largest absolute Gasteiger partial charge is 0.306 e. The van der Waals surface area contributed by atoms with Gasteiger partial charge >= 0.3 is 0 Å². The molecule has 9 heterocycles. The lowest BCUT2D eigenvalue weighted by Crippen LogP contribution is -2.18. The molecule has 11 nitrogen and oxygen atoms in total. The molecule has 7 aromatic carbocycles. The van der Waals surface area contributed by atoms with Crippen molar-refractivity contribution in [3.63, 3.8) is 0 Å². The van der Waals surface area contributed by atoms with Crippen LogP contribution in [0.25, 0.3) is 138 Å². The first-order valence-electron chi connectivity index (χ1n) is 25.3. The number of aromatic nitrogens is 10. The predicted molar refractivity (Wildman–Crippen MR) is 309 cm³/mol. The summed E-state index contributed by atoms with van der Waals surface area (Å²) in [7, 11) is 1.87. The van der Waals surface area contributed by atoms with Crippen LogP contribution in [0.3, 0.4) is 0 Å². The summed E-state index contributed by atoms with van der Waals surface area (Å²) in [6, 6.07) is 62.3. The second-order valence-electron chi connectivity index (χ2n) is 19.1. The number of benzene rings is 7. The second-order valence-corrected chi connectivity index (χ2v) is 19.1. The highest BCUT2D eigenvalue weighted by Crippen LogP contribution is 2.52. The van der Waals surface area contributed by atoms with E-state index in [0.29, 0.717) is 0 Å². The van der Waals surface area contributed by atoms with Crippen LogP contribution in [-0.2, 0) is 0 Å². The number of hydrogen-bond acceptors (Lipinski definition) is 6. The van der Waals surface area contributed by atoms with Gasteiger partial charge in [0.1, 0.15) is 5.82 Å². The summed E-state index contributed by atoms with van der Waals surface area (Å²) in [6.07, 6.45) is 17.6. The number of aliphatic imine (C=N–C) groups is 1. The third-order valence-corrected chi connectivity index (χ3v) is 15.3. The quantitative estimate of drug-likeness (QED) is 0.148. The molecule has 9 aromatic heterocycles. The molecule has 0 bridgehead atoms. The summed E-state index contributed by atoms with van der Waals surface area (Å²) < 4.78 is 12.0. The van der Waals surface area contributed by atoms with Crippen molar-refractivity contribution in [3.8, 4) is 39.8 Å². The number of nitrogens with zero attached hydrogens (tertiary/aromatic N) is 11. The van der Waals surface area contributed by atoms with Crippen LogP contribution in [0.5, 0.6) is 0 Å². The topological polar surface area (TPSA) is 101 Å². The van der Waals surface area contributed by atoms with Crippen molar-refractivity contribution in [2.45, 2.75) is 0 Å². The highest BCUT2D eigenvalue weighted by Gasteiger charge is 2.36. The van der Waals surface area contributed by atoms with Gasteiger partial charge in [-0.05, 0) is 72.8 Å². The summed E-state index contributed by atoms with van der Waals surface area (Å²) in [4.78, 5) is 30.5. The van der Waals surface area contributed by atoms with Crippen molar-refractivity contribution in [2.24, 2.45) is 4.99 Å². The highest BCUT2D eigenvalue weighted by molar-refractivity contribution is 6.18. The smallest absolute Gasteiger partial charge is 0.150 e. The number of hydrogen-bond donors (Lipinski definition) is 0. The molecule has 0 saturated heterocycles. The third kappa shape index (κ3) is 5.76. The average Bonchev–Trinajstić information content (AvgIpc) is 4.46. The van der Waals surface area contributed by atoms with Crippen molar-refractivity contribution >= 4 is 104 Å². The zero-order chi connectivity index (χ0) is 50.0. The molecule has 11 heteroatoms. The van der Waals surface area contributed by atoms with E-state index in [2.05, 4.69) is 205 Å². The van der Waals surface area contributed by atoms with Gasteiger partial charge in [-0.15, -0.1) is 0 Å². The summed E-state index contributed by atoms with van der Waals surface area (Å²) in [5, 5.41) is 8.56. The third-order valence-electron chi connectivity index (χ3n) is 15.3. The van der Waals surface area contributed by atoms with Crippen LogP contribution in [0.2, 0.25) is 0 Å². The fourth-order valence-electron chi connectivity index (χ4n) is 12.3. The Kier molecular flexibility index (Phi) is 8.98. The molecule has 0 fully saturated rings. The molecule has 0 N–H and O–H groups in total. The molecule has 0 radical (unpaired) electrons. The predicted octanol–water partition coefficient (Wildman–Crippen LogP) is 14.7. The van der Waals surface area contributed by atoms with Crippen LogP contribution in [-0.4, -0.2) is 61.0 Å². The van der Waals surface area contributed by atoms with Gasteiger partial charge in [0.05, 0.1) is 102 Å². The van der Waals surface area contributed by atoms with Crippen LogP contribution in [0.4, 0.5) is 0 Å². The molecule has 0 unspecified atom stereocenters.